The lowest BCUT2D eigenvalue weighted by Gasteiger charge is -2.06. The minimum Gasteiger partial charge on any atom is -0.367 e. The fourth-order valence-corrected chi connectivity index (χ4v) is 3.25. The molecule has 2 heterocycles. The van der Waals surface area contributed by atoms with E-state index >= 15 is 0 Å². The number of aromatic nitrogens is 3. The van der Waals surface area contributed by atoms with E-state index in [1.807, 2.05) is 18.5 Å². The van der Waals surface area contributed by atoms with Gasteiger partial charge in [0.05, 0.1) is 11.4 Å². The number of rotatable bonds is 5. The van der Waals surface area contributed by atoms with Crippen LogP contribution in [0.5, 0.6) is 0 Å². The van der Waals surface area contributed by atoms with Gasteiger partial charge in [-0.05, 0) is 31.9 Å². The maximum Gasteiger partial charge on any atom is 0.244 e. The molecule has 2 aromatic rings. The van der Waals surface area contributed by atoms with Crippen molar-refractivity contribution in [1.82, 2.24) is 19.9 Å². The number of H-pyrrole nitrogens is 2. The summed E-state index contributed by atoms with van der Waals surface area (Å²) in [6.45, 7) is 3.73. The van der Waals surface area contributed by atoms with E-state index in [9.17, 15) is 8.42 Å². The quantitative estimate of drug-likeness (QED) is 0.751. The predicted octanol–water partition coefficient (Wildman–Crippen LogP) is 0.876. The molecule has 0 saturated heterocycles. The number of hydrogen-bond donors (Lipinski definition) is 3. The Labute approximate surface area is 106 Å². The first-order valence-corrected chi connectivity index (χ1v) is 7.12. The van der Waals surface area contributed by atoms with Crippen molar-refractivity contribution in [2.75, 3.05) is 6.54 Å². The fraction of sp³-hybridized carbons (Fsp3) is 0.364. The first-order chi connectivity index (χ1) is 8.50. The molecule has 0 fully saturated rings. The average Bonchev–Trinajstić information content (AvgIpc) is 2.89. The number of sulfonamides is 1. The largest absolute Gasteiger partial charge is 0.367 e. The Kier molecular flexibility index (Phi) is 3.53. The van der Waals surface area contributed by atoms with Crippen molar-refractivity contribution in [2.45, 2.75) is 25.2 Å². The number of hydrogen-bond acceptors (Lipinski definition) is 3. The lowest BCUT2D eigenvalue weighted by molar-refractivity contribution is 0.580. The first-order valence-electron chi connectivity index (χ1n) is 5.63. The van der Waals surface area contributed by atoms with Crippen LogP contribution in [0.25, 0.3) is 0 Å². The highest BCUT2D eigenvalue weighted by atomic mass is 32.2. The number of nitrogens with zero attached hydrogens (tertiary/aromatic N) is 1. The van der Waals surface area contributed by atoms with Gasteiger partial charge in [0.25, 0.3) is 0 Å². The predicted molar refractivity (Wildman–Crippen MR) is 67.7 cm³/mol. The summed E-state index contributed by atoms with van der Waals surface area (Å²) in [5.41, 5.74) is 2.11. The van der Waals surface area contributed by atoms with Crippen molar-refractivity contribution in [1.29, 1.82) is 0 Å². The molecule has 0 aliphatic rings. The molecule has 18 heavy (non-hydrogen) atoms. The zero-order valence-corrected chi connectivity index (χ0v) is 11.1. The van der Waals surface area contributed by atoms with Crippen molar-refractivity contribution in [3.05, 3.63) is 35.4 Å². The molecule has 0 aromatic carbocycles. The van der Waals surface area contributed by atoms with E-state index in [1.54, 1.807) is 13.8 Å². The Morgan fingerprint density at radius 1 is 1.39 bits per heavy atom. The molecule has 0 spiro atoms. The second kappa shape index (κ2) is 4.95. The Balaban J connectivity index is 2.04. The summed E-state index contributed by atoms with van der Waals surface area (Å²) in [5.74, 6) is 0. The standard InChI is InChI=1S/C11H16N4O2S/c1-8-11(9(2)15-14-8)18(16,17)13-6-4-10-3-5-12-7-10/h3,5,7,12-13H,4,6H2,1-2H3,(H,14,15). The molecule has 0 aliphatic heterocycles. The van der Waals surface area contributed by atoms with Crippen LogP contribution in [0.15, 0.2) is 23.4 Å². The highest BCUT2D eigenvalue weighted by Gasteiger charge is 2.21. The van der Waals surface area contributed by atoms with Gasteiger partial charge in [0.2, 0.25) is 10.0 Å². The number of aryl methyl sites for hydroxylation is 2. The third-order valence-electron chi connectivity index (χ3n) is 2.70. The Hall–Kier alpha value is -1.60. The second-order valence-electron chi connectivity index (χ2n) is 4.13. The third-order valence-corrected chi connectivity index (χ3v) is 4.42. The summed E-state index contributed by atoms with van der Waals surface area (Å²) < 4.78 is 26.7. The van der Waals surface area contributed by atoms with Gasteiger partial charge in [-0.2, -0.15) is 5.10 Å². The van der Waals surface area contributed by atoms with Gasteiger partial charge in [-0.15, -0.1) is 0 Å². The zero-order valence-electron chi connectivity index (χ0n) is 10.3. The molecule has 0 saturated carbocycles. The SMILES string of the molecule is Cc1n[nH]c(C)c1S(=O)(=O)NCCc1cc[nH]c1. The summed E-state index contributed by atoms with van der Waals surface area (Å²) in [4.78, 5) is 3.18. The van der Waals surface area contributed by atoms with E-state index < -0.39 is 10.0 Å². The van der Waals surface area contributed by atoms with E-state index in [0.29, 0.717) is 24.4 Å². The lowest BCUT2D eigenvalue weighted by atomic mass is 10.2. The van der Waals surface area contributed by atoms with Gasteiger partial charge in [0.15, 0.2) is 0 Å². The van der Waals surface area contributed by atoms with Crippen LogP contribution in [0.1, 0.15) is 17.0 Å². The molecule has 7 heteroatoms. The Bertz CT molecular complexity index is 594. The van der Waals surface area contributed by atoms with Crippen LogP contribution < -0.4 is 4.72 Å². The van der Waals surface area contributed by atoms with Crippen molar-refractivity contribution in [3.8, 4) is 0 Å². The maximum atomic E-state index is 12.1. The first kappa shape index (κ1) is 12.8. The molecule has 6 nitrogen and oxygen atoms in total. The molecule has 0 radical (unpaired) electrons. The average molecular weight is 268 g/mol. The zero-order chi connectivity index (χ0) is 13.2. The molecule has 2 rings (SSSR count). The number of nitrogens with one attached hydrogen (secondary N) is 3. The molecule has 0 amide bonds. The molecule has 0 aliphatic carbocycles. The van der Waals surface area contributed by atoms with E-state index in [-0.39, 0.29) is 4.90 Å². The monoisotopic (exact) mass is 268 g/mol. The molecular weight excluding hydrogens is 252 g/mol. The van der Waals surface area contributed by atoms with Crippen molar-refractivity contribution in [3.63, 3.8) is 0 Å². The van der Waals surface area contributed by atoms with Crippen LogP contribution >= 0.6 is 0 Å². The topological polar surface area (TPSA) is 90.6 Å². The second-order valence-corrected chi connectivity index (χ2v) is 5.83. The van der Waals surface area contributed by atoms with Crippen LogP contribution in [0.3, 0.4) is 0 Å². The van der Waals surface area contributed by atoms with E-state index in [4.69, 9.17) is 0 Å². The summed E-state index contributed by atoms with van der Waals surface area (Å²) >= 11 is 0. The van der Waals surface area contributed by atoms with Crippen LogP contribution in [0.4, 0.5) is 0 Å². The molecule has 98 valence electrons. The van der Waals surface area contributed by atoms with Gasteiger partial charge < -0.3 is 4.98 Å². The highest BCUT2D eigenvalue weighted by molar-refractivity contribution is 7.89. The summed E-state index contributed by atoms with van der Waals surface area (Å²) in [6, 6.07) is 1.92. The van der Waals surface area contributed by atoms with E-state index in [1.165, 1.54) is 0 Å². The van der Waals surface area contributed by atoms with Crippen LogP contribution in [-0.2, 0) is 16.4 Å². The maximum absolute atomic E-state index is 12.1. The van der Waals surface area contributed by atoms with E-state index in [2.05, 4.69) is 19.9 Å². The van der Waals surface area contributed by atoms with E-state index in [0.717, 1.165) is 5.56 Å². The summed E-state index contributed by atoms with van der Waals surface area (Å²) in [6.07, 6.45) is 4.32. The molecule has 0 bridgehead atoms. The van der Waals surface area contributed by atoms with Gasteiger partial charge in [-0.1, -0.05) is 0 Å². The Morgan fingerprint density at radius 2 is 2.17 bits per heavy atom. The third kappa shape index (κ3) is 2.62. The fourth-order valence-electron chi connectivity index (χ4n) is 1.85. The molecule has 3 N–H and O–H groups in total. The summed E-state index contributed by atoms with van der Waals surface area (Å²) in [7, 11) is -3.49. The molecule has 0 atom stereocenters. The van der Waals surface area contributed by atoms with Gasteiger partial charge in [-0.3, -0.25) is 5.10 Å². The van der Waals surface area contributed by atoms with Crippen LogP contribution in [0.2, 0.25) is 0 Å². The van der Waals surface area contributed by atoms with Crippen LogP contribution in [0, 0.1) is 13.8 Å². The van der Waals surface area contributed by atoms with Gasteiger partial charge >= 0.3 is 0 Å². The minimum absolute atomic E-state index is 0.247. The van der Waals surface area contributed by atoms with Gasteiger partial charge in [0, 0.05) is 18.9 Å². The minimum atomic E-state index is -3.49. The summed E-state index contributed by atoms with van der Waals surface area (Å²) in [5, 5.41) is 6.56. The van der Waals surface area contributed by atoms with Gasteiger partial charge in [0.1, 0.15) is 4.90 Å². The molecular formula is C11H16N4O2S. The smallest absolute Gasteiger partial charge is 0.244 e. The molecule has 0 unspecified atom stereocenters. The van der Waals surface area contributed by atoms with Crippen LogP contribution in [-0.4, -0.2) is 30.1 Å². The van der Waals surface area contributed by atoms with Crippen molar-refractivity contribution >= 4 is 10.0 Å². The van der Waals surface area contributed by atoms with Crippen molar-refractivity contribution < 1.29 is 8.42 Å². The van der Waals surface area contributed by atoms with Gasteiger partial charge in [-0.25, -0.2) is 13.1 Å². The normalized spacial score (nSPS) is 11.9. The number of aromatic amines is 2. The van der Waals surface area contributed by atoms with Crippen molar-refractivity contribution in [2.24, 2.45) is 0 Å². The highest BCUT2D eigenvalue weighted by Crippen LogP contribution is 2.15. The Morgan fingerprint density at radius 3 is 2.72 bits per heavy atom. The molecule has 2 aromatic heterocycles. The lowest BCUT2D eigenvalue weighted by Crippen LogP contribution is -2.26.